The van der Waals surface area contributed by atoms with Crippen LogP contribution in [0.5, 0.6) is 5.75 Å². The molecule has 7 heteroatoms. The van der Waals surface area contributed by atoms with Crippen LogP contribution in [0.3, 0.4) is 0 Å². The Morgan fingerprint density at radius 2 is 1.73 bits per heavy atom. The van der Waals surface area contributed by atoms with E-state index in [2.05, 4.69) is 5.32 Å². The molecule has 138 valence electrons. The van der Waals surface area contributed by atoms with Crippen molar-refractivity contribution >= 4 is 23.5 Å². The number of carbonyl (C=O) groups excluding carboxylic acids is 3. The van der Waals surface area contributed by atoms with Gasteiger partial charge in [0.25, 0.3) is 0 Å². The van der Waals surface area contributed by atoms with Gasteiger partial charge in [-0.2, -0.15) is 0 Å². The summed E-state index contributed by atoms with van der Waals surface area (Å²) in [5.74, 6) is 0.568. The molecule has 1 N–H and O–H groups in total. The fourth-order valence-electron chi connectivity index (χ4n) is 4.58. The Bertz CT molecular complexity index is 720. The van der Waals surface area contributed by atoms with Crippen LogP contribution in [0, 0.1) is 0 Å². The summed E-state index contributed by atoms with van der Waals surface area (Å²) in [6, 6.07) is 7.25. The van der Waals surface area contributed by atoms with E-state index in [0.29, 0.717) is 37.1 Å². The first-order chi connectivity index (χ1) is 12.6. The summed E-state index contributed by atoms with van der Waals surface area (Å²) >= 11 is 0. The summed E-state index contributed by atoms with van der Waals surface area (Å²) in [5.41, 5.74) is 0.695. The van der Waals surface area contributed by atoms with Crippen molar-refractivity contribution in [3.05, 3.63) is 24.3 Å². The molecule has 0 aliphatic carbocycles. The van der Waals surface area contributed by atoms with Gasteiger partial charge in [-0.3, -0.25) is 14.5 Å². The van der Waals surface area contributed by atoms with Gasteiger partial charge in [0.1, 0.15) is 5.75 Å². The minimum absolute atomic E-state index is 0.0594. The molecule has 4 amide bonds. The van der Waals surface area contributed by atoms with Crippen molar-refractivity contribution < 1.29 is 19.1 Å². The molecular formula is C19H23N3O4. The van der Waals surface area contributed by atoms with Crippen molar-refractivity contribution in [1.29, 1.82) is 0 Å². The standard InChI is InChI=1S/C19H23N3O4/c1-26-16-4-2-3-12(9-16)20-19(25)21-13-5-6-14(21)11-15(10-13)22-17(23)7-8-18(22)24/h2-4,9,13-15H,5-8,10-11H2,1H3,(H,20,25). The van der Waals surface area contributed by atoms with E-state index in [1.165, 1.54) is 4.90 Å². The highest BCUT2D eigenvalue weighted by Gasteiger charge is 2.47. The summed E-state index contributed by atoms with van der Waals surface area (Å²) in [6.07, 6.45) is 3.85. The van der Waals surface area contributed by atoms with Gasteiger partial charge in [-0.25, -0.2) is 4.79 Å². The normalized spacial score (nSPS) is 27.8. The van der Waals surface area contributed by atoms with E-state index in [9.17, 15) is 14.4 Å². The summed E-state index contributed by atoms with van der Waals surface area (Å²) in [5, 5.41) is 2.95. The van der Waals surface area contributed by atoms with Crippen LogP contribution in [0.25, 0.3) is 0 Å². The number of benzene rings is 1. The molecule has 2 unspecified atom stereocenters. The van der Waals surface area contributed by atoms with Crippen molar-refractivity contribution in [3.8, 4) is 5.75 Å². The van der Waals surface area contributed by atoms with Crippen LogP contribution >= 0.6 is 0 Å². The molecule has 26 heavy (non-hydrogen) atoms. The summed E-state index contributed by atoms with van der Waals surface area (Å²) in [7, 11) is 1.59. The number of nitrogens with zero attached hydrogens (tertiary/aromatic N) is 2. The fourth-order valence-corrected chi connectivity index (χ4v) is 4.58. The van der Waals surface area contributed by atoms with Gasteiger partial charge < -0.3 is 15.0 Å². The quantitative estimate of drug-likeness (QED) is 0.843. The summed E-state index contributed by atoms with van der Waals surface area (Å²) < 4.78 is 5.19. The maximum Gasteiger partial charge on any atom is 0.322 e. The largest absolute Gasteiger partial charge is 0.497 e. The Kier molecular flexibility index (Phi) is 4.30. The first-order valence-electron chi connectivity index (χ1n) is 9.15. The number of ether oxygens (including phenoxy) is 1. The molecule has 1 aromatic carbocycles. The van der Waals surface area contributed by atoms with E-state index < -0.39 is 0 Å². The van der Waals surface area contributed by atoms with E-state index in [4.69, 9.17) is 4.74 Å². The van der Waals surface area contributed by atoms with E-state index in [0.717, 1.165) is 12.8 Å². The van der Waals surface area contributed by atoms with Crippen molar-refractivity contribution in [2.75, 3.05) is 12.4 Å². The molecule has 2 bridgehead atoms. The first-order valence-corrected chi connectivity index (χ1v) is 9.15. The van der Waals surface area contributed by atoms with E-state index in [-0.39, 0.29) is 36.0 Å². The van der Waals surface area contributed by atoms with Crippen LogP contribution in [-0.4, -0.2) is 52.9 Å². The lowest BCUT2D eigenvalue weighted by Gasteiger charge is -2.41. The van der Waals surface area contributed by atoms with E-state index in [1.54, 1.807) is 13.2 Å². The van der Waals surface area contributed by atoms with Crippen LogP contribution < -0.4 is 10.1 Å². The topological polar surface area (TPSA) is 79.0 Å². The molecule has 3 heterocycles. The van der Waals surface area contributed by atoms with Crippen molar-refractivity contribution in [2.24, 2.45) is 0 Å². The number of imide groups is 1. The van der Waals surface area contributed by atoms with Crippen molar-refractivity contribution in [2.45, 2.75) is 56.7 Å². The molecule has 3 fully saturated rings. The number of hydrogen-bond donors (Lipinski definition) is 1. The average molecular weight is 357 g/mol. The fraction of sp³-hybridized carbons (Fsp3) is 0.526. The third-order valence-electron chi connectivity index (χ3n) is 5.72. The lowest BCUT2D eigenvalue weighted by molar-refractivity contribution is -0.142. The van der Waals surface area contributed by atoms with Gasteiger partial charge in [0.05, 0.1) is 7.11 Å². The van der Waals surface area contributed by atoms with Gasteiger partial charge in [-0.05, 0) is 37.8 Å². The Balaban J connectivity index is 1.45. The molecule has 3 aliphatic rings. The number of fused-ring (bicyclic) bond motifs is 2. The molecule has 7 nitrogen and oxygen atoms in total. The number of amides is 4. The lowest BCUT2D eigenvalue weighted by atomic mass is 9.96. The summed E-state index contributed by atoms with van der Waals surface area (Å²) in [4.78, 5) is 40.2. The maximum absolute atomic E-state index is 12.8. The number of hydrogen-bond acceptors (Lipinski definition) is 4. The molecule has 3 aliphatic heterocycles. The predicted molar refractivity (Wildman–Crippen MR) is 94.8 cm³/mol. The molecule has 0 saturated carbocycles. The lowest BCUT2D eigenvalue weighted by Crippen LogP contribution is -2.54. The van der Waals surface area contributed by atoms with Crippen molar-refractivity contribution in [1.82, 2.24) is 9.80 Å². The zero-order valence-electron chi connectivity index (χ0n) is 14.8. The van der Waals surface area contributed by atoms with Crippen molar-refractivity contribution in [3.63, 3.8) is 0 Å². The van der Waals surface area contributed by atoms with Crippen LogP contribution in [0.4, 0.5) is 10.5 Å². The number of rotatable bonds is 3. The molecule has 2 atom stereocenters. The summed E-state index contributed by atoms with van der Waals surface area (Å²) in [6.45, 7) is 0. The third kappa shape index (κ3) is 2.91. The van der Waals surface area contributed by atoms with Crippen LogP contribution in [0.15, 0.2) is 24.3 Å². The SMILES string of the molecule is COc1cccc(NC(=O)N2C3CCC2CC(N2C(=O)CCC2=O)C3)c1. The monoisotopic (exact) mass is 357 g/mol. The molecule has 0 spiro atoms. The van der Waals surface area contributed by atoms with Gasteiger partial charge in [-0.1, -0.05) is 6.07 Å². The molecule has 4 rings (SSSR count). The Hall–Kier alpha value is -2.57. The second-order valence-electron chi connectivity index (χ2n) is 7.24. The molecule has 3 saturated heterocycles. The van der Waals surface area contributed by atoms with Crippen LogP contribution in [0.1, 0.15) is 38.5 Å². The highest BCUT2D eigenvalue weighted by atomic mass is 16.5. The Morgan fingerprint density at radius 3 is 2.35 bits per heavy atom. The molecule has 0 radical (unpaired) electrons. The number of nitrogens with one attached hydrogen (secondary N) is 1. The highest BCUT2D eigenvalue weighted by molar-refractivity contribution is 6.02. The number of urea groups is 1. The Morgan fingerprint density at radius 1 is 1.08 bits per heavy atom. The van der Waals surface area contributed by atoms with Gasteiger partial charge in [0.15, 0.2) is 0 Å². The minimum Gasteiger partial charge on any atom is -0.497 e. The van der Waals surface area contributed by atoms with E-state index in [1.807, 2.05) is 23.1 Å². The minimum atomic E-state index is -0.122. The zero-order valence-corrected chi connectivity index (χ0v) is 14.8. The first kappa shape index (κ1) is 16.9. The predicted octanol–water partition coefficient (Wildman–Crippen LogP) is 2.37. The number of piperidine rings is 1. The second kappa shape index (κ2) is 6.63. The highest BCUT2D eigenvalue weighted by Crippen LogP contribution is 2.39. The van der Waals surface area contributed by atoms with Gasteiger partial charge in [0.2, 0.25) is 11.8 Å². The molecular weight excluding hydrogens is 334 g/mol. The number of carbonyl (C=O) groups is 3. The number of methoxy groups -OCH3 is 1. The molecule has 0 aromatic heterocycles. The number of likely N-dealkylation sites (tertiary alicyclic amines) is 1. The van der Waals surface area contributed by atoms with Gasteiger partial charge in [0, 0.05) is 42.7 Å². The average Bonchev–Trinajstić information content (AvgIpc) is 3.11. The second-order valence-corrected chi connectivity index (χ2v) is 7.24. The van der Waals surface area contributed by atoms with Gasteiger partial charge >= 0.3 is 6.03 Å². The maximum atomic E-state index is 12.8. The smallest absolute Gasteiger partial charge is 0.322 e. The third-order valence-corrected chi connectivity index (χ3v) is 5.72. The van der Waals surface area contributed by atoms with Crippen LogP contribution in [0.2, 0.25) is 0 Å². The molecule has 1 aromatic rings. The zero-order chi connectivity index (χ0) is 18.3. The van der Waals surface area contributed by atoms with Gasteiger partial charge in [-0.15, -0.1) is 0 Å². The number of anilines is 1. The van der Waals surface area contributed by atoms with Crippen LogP contribution in [-0.2, 0) is 9.59 Å². The van der Waals surface area contributed by atoms with E-state index >= 15 is 0 Å². The Labute approximate surface area is 152 Å².